The van der Waals surface area contributed by atoms with Crippen molar-refractivity contribution in [3.63, 3.8) is 0 Å². The number of amides is 1. The zero-order chi connectivity index (χ0) is 21.5. The van der Waals surface area contributed by atoms with Crippen molar-refractivity contribution in [2.75, 3.05) is 51.2 Å². The van der Waals surface area contributed by atoms with Crippen LogP contribution in [0.1, 0.15) is 24.8 Å². The Kier molecular flexibility index (Phi) is 6.64. The Morgan fingerprint density at radius 3 is 2.39 bits per heavy atom. The molecule has 0 atom stereocenters. The molecular weight excluding hydrogens is 390 g/mol. The first kappa shape index (κ1) is 21.1. The van der Waals surface area contributed by atoms with Crippen LogP contribution in [0.25, 0.3) is 0 Å². The Morgan fingerprint density at radius 1 is 1.03 bits per heavy atom. The Balaban J connectivity index is 1.17. The molecule has 1 aromatic carbocycles. The average Bonchev–Trinajstić information content (AvgIpc) is 3.63. The van der Waals surface area contributed by atoms with Crippen LogP contribution in [0.3, 0.4) is 0 Å². The number of aliphatic imine (C=N–C) groups is 1. The van der Waals surface area contributed by atoms with E-state index in [0.717, 1.165) is 31.5 Å². The fraction of sp³-hybridized carbons (Fsp3) is 0.478. The molecule has 1 saturated carbocycles. The molecule has 2 N–H and O–H groups in total. The summed E-state index contributed by atoms with van der Waals surface area (Å²) in [6.07, 6.45) is 6.33. The standard InChI is InChI=1S/C23H31N7O/c1-24-21(28-18-23(9-10-23)19-6-3-2-4-7-19)25-13-8-20(31)29-14-16-30(17-15-29)22-26-11-5-12-27-22/h2-7,11-12H,8-10,13-18H2,1H3,(H2,24,25,28). The number of hydrogen-bond donors (Lipinski definition) is 2. The monoisotopic (exact) mass is 421 g/mol. The van der Waals surface area contributed by atoms with Gasteiger partial charge in [0.15, 0.2) is 5.96 Å². The van der Waals surface area contributed by atoms with Crippen LogP contribution in [-0.4, -0.2) is 73.1 Å². The Morgan fingerprint density at radius 2 is 1.74 bits per heavy atom. The number of guanidine groups is 1. The van der Waals surface area contributed by atoms with E-state index in [1.165, 1.54) is 18.4 Å². The molecule has 2 aromatic rings. The molecule has 2 fully saturated rings. The number of carbonyl (C=O) groups excluding carboxylic acids is 1. The van der Waals surface area contributed by atoms with Crippen molar-refractivity contribution in [2.24, 2.45) is 4.99 Å². The first-order chi connectivity index (χ1) is 15.2. The highest BCUT2D eigenvalue weighted by atomic mass is 16.2. The van der Waals surface area contributed by atoms with Gasteiger partial charge in [-0.3, -0.25) is 9.79 Å². The number of nitrogens with zero attached hydrogens (tertiary/aromatic N) is 5. The molecule has 4 rings (SSSR count). The van der Waals surface area contributed by atoms with Crippen LogP contribution in [0.2, 0.25) is 0 Å². The van der Waals surface area contributed by atoms with Gasteiger partial charge in [-0.1, -0.05) is 30.3 Å². The average molecular weight is 422 g/mol. The highest BCUT2D eigenvalue weighted by Crippen LogP contribution is 2.47. The molecule has 1 aliphatic heterocycles. The predicted molar refractivity (Wildman–Crippen MR) is 122 cm³/mol. The molecule has 1 saturated heterocycles. The molecule has 2 aliphatic rings. The third-order valence-electron chi connectivity index (χ3n) is 6.16. The Hall–Kier alpha value is -3.16. The van der Waals surface area contributed by atoms with Gasteiger partial charge in [0.2, 0.25) is 11.9 Å². The molecule has 0 spiro atoms. The number of piperazine rings is 1. The normalized spacial score (nSPS) is 17.9. The summed E-state index contributed by atoms with van der Waals surface area (Å²) < 4.78 is 0. The topological polar surface area (TPSA) is 85.8 Å². The summed E-state index contributed by atoms with van der Waals surface area (Å²) in [4.78, 5) is 29.5. The lowest BCUT2D eigenvalue weighted by Gasteiger charge is -2.34. The number of carbonyl (C=O) groups is 1. The highest BCUT2D eigenvalue weighted by molar-refractivity contribution is 5.81. The molecule has 8 heteroatoms. The van der Waals surface area contributed by atoms with E-state index < -0.39 is 0 Å². The van der Waals surface area contributed by atoms with Crippen molar-refractivity contribution < 1.29 is 4.79 Å². The molecule has 2 heterocycles. The van der Waals surface area contributed by atoms with Gasteiger partial charge in [0, 0.05) is 70.5 Å². The largest absolute Gasteiger partial charge is 0.356 e. The van der Waals surface area contributed by atoms with Crippen LogP contribution >= 0.6 is 0 Å². The first-order valence-electron chi connectivity index (χ1n) is 11.0. The molecular formula is C23H31N7O. The van der Waals surface area contributed by atoms with Crippen molar-refractivity contribution in [3.8, 4) is 0 Å². The maximum atomic E-state index is 12.6. The van der Waals surface area contributed by atoms with Gasteiger partial charge in [0.05, 0.1) is 0 Å². The third-order valence-corrected chi connectivity index (χ3v) is 6.16. The van der Waals surface area contributed by atoms with Gasteiger partial charge in [-0.2, -0.15) is 0 Å². The minimum atomic E-state index is 0.166. The van der Waals surface area contributed by atoms with Gasteiger partial charge >= 0.3 is 0 Å². The summed E-state index contributed by atoms with van der Waals surface area (Å²) in [5.41, 5.74) is 1.60. The van der Waals surface area contributed by atoms with Crippen LogP contribution in [-0.2, 0) is 10.2 Å². The fourth-order valence-electron chi connectivity index (χ4n) is 4.04. The van der Waals surface area contributed by atoms with E-state index in [0.29, 0.717) is 26.1 Å². The van der Waals surface area contributed by atoms with Gasteiger partial charge in [-0.15, -0.1) is 0 Å². The fourth-order valence-corrected chi connectivity index (χ4v) is 4.04. The summed E-state index contributed by atoms with van der Waals surface area (Å²) in [6, 6.07) is 12.5. The number of hydrogen-bond acceptors (Lipinski definition) is 5. The third kappa shape index (κ3) is 5.31. The lowest BCUT2D eigenvalue weighted by Crippen LogP contribution is -2.50. The quantitative estimate of drug-likeness (QED) is 0.519. The second-order valence-electron chi connectivity index (χ2n) is 8.17. The summed E-state index contributed by atoms with van der Waals surface area (Å²) in [7, 11) is 1.77. The Labute approximate surface area is 183 Å². The van der Waals surface area contributed by atoms with Crippen molar-refractivity contribution in [1.29, 1.82) is 0 Å². The molecule has 0 radical (unpaired) electrons. The molecule has 164 valence electrons. The van der Waals surface area contributed by atoms with Crippen LogP contribution in [0.4, 0.5) is 5.95 Å². The summed E-state index contributed by atoms with van der Waals surface area (Å²) in [6.45, 7) is 4.34. The van der Waals surface area contributed by atoms with Crippen LogP contribution in [0.15, 0.2) is 53.8 Å². The molecule has 8 nitrogen and oxygen atoms in total. The number of nitrogens with one attached hydrogen (secondary N) is 2. The number of aromatic nitrogens is 2. The van der Waals surface area contributed by atoms with Gasteiger partial charge in [-0.25, -0.2) is 9.97 Å². The van der Waals surface area contributed by atoms with E-state index in [2.05, 4.69) is 60.8 Å². The van der Waals surface area contributed by atoms with E-state index in [-0.39, 0.29) is 11.3 Å². The zero-order valence-corrected chi connectivity index (χ0v) is 18.1. The molecule has 1 amide bonds. The molecule has 0 bridgehead atoms. The lowest BCUT2D eigenvalue weighted by molar-refractivity contribution is -0.131. The van der Waals surface area contributed by atoms with Crippen molar-refractivity contribution in [3.05, 3.63) is 54.4 Å². The minimum Gasteiger partial charge on any atom is -0.356 e. The summed E-state index contributed by atoms with van der Waals surface area (Å²) in [5.74, 6) is 1.65. The van der Waals surface area contributed by atoms with Crippen molar-refractivity contribution in [1.82, 2.24) is 25.5 Å². The summed E-state index contributed by atoms with van der Waals surface area (Å²) >= 11 is 0. The summed E-state index contributed by atoms with van der Waals surface area (Å²) in [5, 5.41) is 6.73. The lowest BCUT2D eigenvalue weighted by atomic mass is 9.96. The van der Waals surface area contributed by atoms with E-state index >= 15 is 0 Å². The van der Waals surface area contributed by atoms with Gasteiger partial charge in [-0.05, 0) is 24.5 Å². The van der Waals surface area contributed by atoms with Crippen molar-refractivity contribution in [2.45, 2.75) is 24.7 Å². The predicted octanol–water partition coefficient (Wildman–Crippen LogP) is 1.41. The van der Waals surface area contributed by atoms with Crippen molar-refractivity contribution >= 4 is 17.8 Å². The van der Waals surface area contributed by atoms with E-state index in [4.69, 9.17) is 0 Å². The van der Waals surface area contributed by atoms with E-state index in [9.17, 15) is 4.79 Å². The Bertz CT molecular complexity index is 875. The van der Waals surface area contributed by atoms with Gasteiger partial charge in [0.1, 0.15) is 0 Å². The second-order valence-corrected chi connectivity index (χ2v) is 8.17. The van der Waals surface area contributed by atoms with Crippen LogP contribution in [0.5, 0.6) is 0 Å². The highest BCUT2D eigenvalue weighted by Gasteiger charge is 2.44. The maximum absolute atomic E-state index is 12.6. The zero-order valence-electron chi connectivity index (χ0n) is 18.1. The number of benzene rings is 1. The van der Waals surface area contributed by atoms with Crippen LogP contribution < -0.4 is 15.5 Å². The van der Waals surface area contributed by atoms with Gasteiger partial charge < -0.3 is 20.4 Å². The minimum absolute atomic E-state index is 0.166. The first-order valence-corrected chi connectivity index (χ1v) is 11.0. The number of anilines is 1. The maximum Gasteiger partial charge on any atom is 0.225 e. The van der Waals surface area contributed by atoms with Crippen LogP contribution in [0, 0.1) is 0 Å². The SMILES string of the molecule is CN=C(NCCC(=O)N1CCN(c2ncccn2)CC1)NCC1(c2ccccc2)CC1. The number of rotatable bonds is 7. The van der Waals surface area contributed by atoms with Gasteiger partial charge in [0.25, 0.3) is 0 Å². The molecule has 31 heavy (non-hydrogen) atoms. The molecule has 1 aliphatic carbocycles. The van der Waals surface area contributed by atoms with E-state index in [1.807, 2.05) is 11.0 Å². The second kappa shape index (κ2) is 9.76. The molecule has 1 aromatic heterocycles. The van der Waals surface area contributed by atoms with E-state index in [1.54, 1.807) is 19.4 Å². The smallest absolute Gasteiger partial charge is 0.225 e. The molecule has 0 unspecified atom stereocenters.